The third-order valence-electron chi connectivity index (χ3n) is 1.70. The van der Waals surface area contributed by atoms with Crippen molar-refractivity contribution in [3.8, 4) is 0 Å². The molecule has 0 amide bonds. The summed E-state index contributed by atoms with van der Waals surface area (Å²) in [5.74, 6) is 0. The van der Waals surface area contributed by atoms with Crippen molar-refractivity contribution in [2.75, 3.05) is 0 Å². The lowest BCUT2D eigenvalue weighted by molar-refractivity contribution is 0.144. The van der Waals surface area contributed by atoms with Crippen molar-refractivity contribution in [2.45, 2.75) is 37.0 Å². The lowest BCUT2D eigenvalue weighted by atomic mass is 10.5. The first kappa shape index (κ1) is 12.2. The van der Waals surface area contributed by atoms with E-state index in [1.165, 1.54) is 0 Å². The van der Waals surface area contributed by atoms with Gasteiger partial charge in [-0.25, -0.2) is 17.6 Å². The van der Waals surface area contributed by atoms with Crippen molar-refractivity contribution in [1.82, 2.24) is 0 Å². The van der Waals surface area contributed by atoms with Crippen molar-refractivity contribution in [1.29, 1.82) is 0 Å². The average Bonchev–Trinajstić information content (AvgIpc) is 1.84. The zero-order valence-corrected chi connectivity index (χ0v) is 9.90. The van der Waals surface area contributed by atoms with Crippen LogP contribution in [-0.4, -0.2) is 31.5 Å². The lowest BCUT2D eigenvalue weighted by Crippen LogP contribution is -2.15. The standard InChI is InChI=1S/C6H14F4Si2/c1-4(12-6(9)10)11-3-2-5(7)8/h4-6H,2-3,11-12H2,1H3. The van der Waals surface area contributed by atoms with Gasteiger partial charge in [0, 0.05) is 15.9 Å². The summed E-state index contributed by atoms with van der Waals surface area (Å²) >= 11 is 0. The van der Waals surface area contributed by atoms with Gasteiger partial charge in [0.2, 0.25) is 12.5 Å². The third kappa shape index (κ3) is 8.25. The van der Waals surface area contributed by atoms with Crippen LogP contribution in [0.5, 0.6) is 0 Å². The maximum absolute atomic E-state index is 11.8. The average molecular weight is 218 g/mol. The van der Waals surface area contributed by atoms with Crippen LogP contribution in [0, 0.1) is 0 Å². The van der Waals surface area contributed by atoms with Crippen LogP contribution in [0.1, 0.15) is 13.3 Å². The molecule has 0 saturated heterocycles. The fourth-order valence-corrected chi connectivity index (χ4v) is 5.46. The zero-order chi connectivity index (χ0) is 9.56. The fraction of sp³-hybridized carbons (Fsp3) is 1.00. The topological polar surface area (TPSA) is 0 Å². The van der Waals surface area contributed by atoms with Gasteiger partial charge in [-0.1, -0.05) is 18.1 Å². The van der Waals surface area contributed by atoms with Gasteiger partial charge in [0.15, 0.2) is 0 Å². The van der Waals surface area contributed by atoms with Crippen LogP contribution in [-0.2, 0) is 0 Å². The highest BCUT2D eigenvalue weighted by Gasteiger charge is 2.12. The maximum atomic E-state index is 11.8. The Morgan fingerprint density at radius 2 is 1.75 bits per heavy atom. The molecule has 0 aliphatic carbocycles. The van der Waals surface area contributed by atoms with Crippen LogP contribution in [0.25, 0.3) is 0 Å². The Hall–Kier alpha value is 0.154. The van der Waals surface area contributed by atoms with Crippen LogP contribution in [0.15, 0.2) is 0 Å². The summed E-state index contributed by atoms with van der Waals surface area (Å²) in [7, 11) is -1.94. The summed E-state index contributed by atoms with van der Waals surface area (Å²) in [5, 5.41) is 0.128. The van der Waals surface area contributed by atoms with E-state index in [4.69, 9.17) is 0 Å². The summed E-state index contributed by atoms with van der Waals surface area (Å²) < 4.78 is 46.9. The first-order valence-corrected chi connectivity index (χ1v) is 7.53. The maximum Gasteiger partial charge on any atom is 0.238 e. The highest BCUT2D eigenvalue weighted by Crippen LogP contribution is 2.10. The molecular formula is C6H14F4Si2. The number of hydrogen-bond acceptors (Lipinski definition) is 0. The molecule has 0 rings (SSSR count). The van der Waals surface area contributed by atoms with E-state index in [1.807, 2.05) is 0 Å². The van der Waals surface area contributed by atoms with E-state index in [9.17, 15) is 17.6 Å². The van der Waals surface area contributed by atoms with Gasteiger partial charge < -0.3 is 0 Å². The Kier molecular flexibility index (Phi) is 6.73. The smallest absolute Gasteiger partial charge is 0.216 e. The first-order chi connectivity index (χ1) is 5.52. The fourth-order valence-electron chi connectivity index (χ4n) is 1.04. The van der Waals surface area contributed by atoms with Crippen molar-refractivity contribution >= 4 is 19.0 Å². The number of halogens is 4. The quantitative estimate of drug-likeness (QED) is 0.467. The van der Waals surface area contributed by atoms with Crippen molar-refractivity contribution < 1.29 is 17.6 Å². The van der Waals surface area contributed by atoms with E-state index < -0.39 is 31.5 Å². The predicted octanol–water partition coefficient (Wildman–Crippen LogP) is 1.39. The minimum absolute atomic E-state index is 0.0891. The summed E-state index contributed by atoms with van der Waals surface area (Å²) in [6.07, 6.45) is -2.34. The summed E-state index contributed by atoms with van der Waals surface area (Å²) in [4.78, 5) is 0. The van der Waals surface area contributed by atoms with Crippen LogP contribution < -0.4 is 0 Å². The highest BCUT2D eigenvalue weighted by molar-refractivity contribution is 6.59. The monoisotopic (exact) mass is 218 g/mol. The van der Waals surface area contributed by atoms with E-state index in [-0.39, 0.29) is 11.6 Å². The molecule has 0 saturated carbocycles. The largest absolute Gasteiger partial charge is 0.238 e. The molecule has 1 unspecified atom stereocenters. The molecular weight excluding hydrogens is 204 g/mol. The number of hydrogen-bond donors (Lipinski definition) is 0. The molecule has 12 heavy (non-hydrogen) atoms. The Labute approximate surface area is 74.4 Å². The molecule has 6 heteroatoms. The van der Waals surface area contributed by atoms with E-state index in [2.05, 4.69) is 0 Å². The van der Waals surface area contributed by atoms with Gasteiger partial charge >= 0.3 is 0 Å². The molecule has 0 fully saturated rings. The minimum atomic E-state index is -2.25. The van der Waals surface area contributed by atoms with Gasteiger partial charge in [-0.3, -0.25) is 0 Å². The highest BCUT2D eigenvalue weighted by atomic mass is 28.3. The van der Waals surface area contributed by atoms with Crippen molar-refractivity contribution in [3.63, 3.8) is 0 Å². The SMILES string of the molecule is CC([SiH2]CCC(F)F)[SiH2]C(F)F. The van der Waals surface area contributed by atoms with Gasteiger partial charge in [0.05, 0.1) is 0 Å². The van der Waals surface area contributed by atoms with Crippen LogP contribution in [0.3, 0.4) is 0 Å². The van der Waals surface area contributed by atoms with E-state index in [0.29, 0.717) is 6.04 Å². The molecule has 0 radical (unpaired) electrons. The van der Waals surface area contributed by atoms with Gasteiger partial charge in [0.25, 0.3) is 0 Å². The Balaban J connectivity index is 3.25. The zero-order valence-electron chi connectivity index (χ0n) is 7.07. The minimum Gasteiger partial charge on any atom is -0.216 e. The second-order valence-electron chi connectivity index (χ2n) is 3.05. The Bertz CT molecular complexity index is 110. The summed E-state index contributed by atoms with van der Waals surface area (Å²) in [6.45, 7) is 1.79. The first-order valence-electron chi connectivity index (χ1n) is 4.08. The van der Waals surface area contributed by atoms with E-state index in [0.717, 1.165) is 0 Å². The second kappa shape index (κ2) is 6.65. The van der Waals surface area contributed by atoms with Gasteiger partial charge in [-0.05, 0) is 0 Å². The van der Waals surface area contributed by atoms with Crippen molar-refractivity contribution in [2.24, 2.45) is 0 Å². The molecule has 0 spiro atoms. The molecule has 0 aliphatic heterocycles. The summed E-state index contributed by atoms with van der Waals surface area (Å²) in [5.41, 5.74) is 0. The van der Waals surface area contributed by atoms with Gasteiger partial charge in [0.1, 0.15) is 9.52 Å². The van der Waals surface area contributed by atoms with Crippen LogP contribution in [0.4, 0.5) is 17.6 Å². The molecule has 0 nitrogen and oxygen atoms in total. The molecule has 1 atom stereocenters. The number of rotatable bonds is 6. The van der Waals surface area contributed by atoms with Crippen LogP contribution in [0.2, 0.25) is 11.2 Å². The predicted molar refractivity (Wildman–Crippen MR) is 47.9 cm³/mol. The Morgan fingerprint density at radius 1 is 1.17 bits per heavy atom. The normalized spacial score (nSPS) is 16.2. The molecule has 0 aliphatic rings. The molecule has 0 aromatic carbocycles. The molecule has 0 heterocycles. The summed E-state index contributed by atoms with van der Waals surface area (Å²) in [6, 6.07) is -1.63. The molecule has 0 aromatic heterocycles. The second-order valence-corrected chi connectivity index (χ2v) is 9.37. The molecule has 0 aromatic rings. The van der Waals surface area contributed by atoms with E-state index >= 15 is 0 Å². The van der Waals surface area contributed by atoms with E-state index in [1.54, 1.807) is 6.92 Å². The van der Waals surface area contributed by atoms with Gasteiger partial charge in [-0.15, -0.1) is 0 Å². The van der Waals surface area contributed by atoms with Crippen molar-refractivity contribution in [3.05, 3.63) is 0 Å². The van der Waals surface area contributed by atoms with Gasteiger partial charge in [-0.2, -0.15) is 0 Å². The lowest BCUT2D eigenvalue weighted by Gasteiger charge is -2.07. The number of alkyl halides is 4. The molecule has 0 N–H and O–H groups in total. The third-order valence-corrected chi connectivity index (χ3v) is 6.89. The Morgan fingerprint density at radius 3 is 2.17 bits per heavy atom. The molecule has 74 valence electrons. The van der Waals surface area contributed by atoms with Crippen LogP contribution >= 0.6 is 0 Å². The molecule has 0 bridgehead atoms.